The molecule has 0 spiro atoms. The predicted octanol–water partition coefficient (Wildman–Crippen LogP) is 2.99. The fourth-order valence-corrected chi connectivity index (χ4v) is 4.42. The highest BCUT2D eigenvalue weighted by Crippen LogP contribution is 2.51. The van der Waals surface area contributed by atoms with Gasteiger partial charge in [0.15, 0.2) is 0 Å². The number of fused-ring (bicyclic) bond motifs is 1. The summed E-state index contributed by atoms with van der Waals surface area (Å²) in [6, 6.07) is 8.09. The Morgan fingerprint density at radius 2 is 1.86 bits per heavy atom. The molecule has 4 rings (SSSR count). The Bertz CT molecular complexity index is 571. The van der Waals surface area contributed by atoms with E-state index < -0.39 is 0 Å². The Balaban J connectivity index is 0.00000144. The molecule has 3 nitrogen and oxygen atoms in total. The second-order valence-electron chi connectivity index (χ2n) is 6.96. The number of benzene rings is 1. The predicted molar refractivity (Wildman–Crippen MR) is 90.4 cm³/mol. The highest BCUT2D eigenvalue weighted by atomic mass is 35.5. The number of halogens is 2. The average molecular weight is 341 g/mol. The standard InChI is InChI=1S/C17H21ClN2O.ClH/c18-13-4-2-12(3-5-13)17(7-8-17)16(21)20-9-11-1-6-15(19)14(11)10-20;/h2-5,11,14-15H,1,6-10,19H2;1H. The third-order valence-corrected chi connectivity index (χ3v) is 6.01. The summed E-state index contributed by atoms with van der Waals surface area (Å²) in [6.45, 7) is 1.77. The van der Waals surface area contributed by atoms with Crippen molar-refractivity contribution in [3.63, 3.8) is 0 Å². The lowest BCUT2D eigenvalue weighted by Crippen LogP contribution is -2.39. The van der Waals surface area contributed by atoms with Crippen LogP contribution >= 0.6 is 24.0 Å². The van der Waals surface area contributed by atoms with Crippen molar-refractivity contribution >= 4 is 29.9 Å². The van der Waals surface area contributed by atoms with Crippen molar-refractivity contribution in [3.8, 4) is 0 Å². The molecule has 1 aromatic rings. The van der Waals surface area contributed by atoms with Crippen molar-refractivity contribution in [2.75, 3.05) is 13.1 Å². The van der Waals surface area contributed by atoms with Crippen molar-refractivity contribution in [2.24, 2.45) is 17.6 Å². The van der Waals surface area contributed by atoms with Crippen LogP contribution in [0.2, 0.25) is 5.02 Å². The minimum absolute atomic E-state index is 0. The molecule has 2 aliphatic carbocycles. The number of rotatable bonds is 2. The molecule has 1 heterocycles. The Morgan fingerprint density at radius 1 is 1.18 bits per heavy atom. The van der Waals surface area contributed by atoms with Crippen LogP contribution in [-0.2, 0) is 10.2 Å². The van der Waals surface area contributed by atoms with Gasteiger partial charge in [-0.25, -0.2) is 0 Å². The van der Waals surface area contributed by atoms with E-state index in [1.54, 1.807) is 0 Å². The van der Waals surface area contributed by atoms with E-state index in [1.807, 2.05) is 24.3 Å². The van der Waals surface area contributed by atoms with E-state index >= 15 is 0 Å². The lowest BCUT2D eigenvalue weighted by molar-refractivity contribution is -0.133. The molecular formula is C17H22Cl2N2O. The topological polar surface area (TPSA) is 46.3 Å². The first kappa shape index (κ1) is 16.1. The molecule has 1 aromatic carbocycles. The average Bonchev–Trinajstić information content (AvgIpc) is 3.06. The smallest absolute Gasteiger partial charge is 0.233 e. The van der Waals surface area contributed by atoms with Crippen LogP contribution in [0.4, 0.5) is 0 Å². The van der Waals surface area contributed by atoms with Crippen LogP contribution in [0, 0.1) is 11.8 Å². The number of hydrogen-bond donors (Lipinski definition) is 1. The molecule has 3 atom stereocenters. The third kappa shape index (κ3) is 2.44. The van der Waals surface area contributed by atoms with Crippen LogP contribution in [0.25, 0.3) is 0 Å². The van der Waals surface area contributed by atoms with Crippen LogP contribution < -0.4 is 5.73 Å². The normalized spacial score (nSPS) is 31.5. The quantitative estimate of drug-likeness (QED) is 0.899. The number of likely N-dealkylation sites (tertiary alicyclic amines) is 1. The van der Waals surface area contributed by atoms with Crippen LogP contribution in [0.15, 0.2) is 24.3 Å². The first-order chi connectivity index (χ1) is 10.1. The zero-order valence-electron chi connectivity index (χ0n) is 12.5. The Labute approximate surface area is 142 Å². The van der Waals surface area contributed by atoms with Crippen molar-refractivity contribution in [2.45, 2.75) is 37.1 Å². The summed E-state index contributed by atoms with van der Waals surface area (Å²) in [5.41, 5.74) is 7.03. The van der Waals surface area contributed by atoms with E-state index in [1.165, 1.54) is 6.42 Å². The van der Waals surface area contributed by atoms with E-state index in [2.05, 4.69) is 4.90 Å². The van der Waals surface area contributed by atoms with Crippen LogP contribution in [0.1, 0.15) is 31.2 Å². The molecule has 3 unspecified atom stereocenters. The monoisotopic (exact) mass is 340 g/mol. The van der Waals surface area contributed by atoms with Crippen molar-refractivity contribution in [1.82, 2.24) is 4.90 Å². The molecule has 22 heavy (non-hydrogen) atoms. The Hall–Kier alpha value is -0.770. The van der Waals surface area contributed by atoms with Gasteiger partial charge in [0.2, 0.25) is 5.91 Å². The van der Waals surface area contributed by atoms with Gasteiger partial charge >= 0.3 is 0 Å². The van der Waals surface area contributed by atoms with E-state index in [0.717, 1.165) is 42.9 Å². The van der Waals surface area contributed by atoms with Gasteiger partial charge in [0.1, 0.15) is 0 Å². The van der Waals surface area contributed by atoms with Crippen molar-refractivity contribution in [1.29, 1.82) is 0 Å². The highest BCUT2D eigenvalue weighted by molar-refractivity contribution is 6.30. The third-order valence-electron chi connectivity index (χ3n) is 5.76. The van der Waals surface area contributed by atoms with Gasteiger partial charge in [-0.2, -0.15) is 0 Å². The summed E-state index contributed by atoms with van der Waals surface area (Å²) in [5, 5.41) is 0.726. The lowest BCUT2D eigenvalue weighted by atomic mass is 9.94. The summed E-state index contributed by atoms with van der Waals surface area (Å²) in [4.78, 5) is 15.1. The van der Waals surface area contributed by atoms with Gasteiger partial charge in [-0.1, -0.05) is 23.7 Å². The number of nitrogens with two attached hydrogens (primary N) is 1. The molecule has 1 aliphatic heterocycles. The highest BCUT2D eigenvalue weighted by Gasteiger charge is 2.55. The van der Waals surface area contributed by atoms with Crippen LogP contribution in [0.3, 0.4) is 0 Å². The fraction of sp³-hybridized carbons (Fsp3) is 0.588. The largest absolute Gasteiger partial charge is 0.341 e. The van der Waals surface area contributed by atoms with Crippen LogP contribution in [0.5, 0.6) is 0 Å². The molecule has 0 aromatic heterocycles. The van der Waals surface area contributed by atoms with Crippen LogP contribution in [-0.4, -0.2) is 29.9 Å². The van der Waals surface area contributed by atoms with E-state index in [-0.39, 0.29) is 17.8 Å². The first-order valence-corrected chi connectivity index (χ1v) is 8.29. The second kappa shape index (κ2) is 5.70. The van der Waals surface area contributed by atoms with Gasteiger partial charge in [0, 0.05) is 24.2 Å². The number of carbonyl (C=O) groups excluding carboxylic acids is 1. The number of hydrogen-bond acceptors (Lipinski definition) is 2. The van der Waals surface area contributed by atoms with Gasteiger partial charge < -0.3 is 10.6 Å². The lowest BCUT2D eigenvalue weighted by Gasteiger charge is -2.25. The SMILES string of the molecule is Cl.NC1CCC2CN(C(=O)C3(c4ccc(Cl)cc4)CC3)CC12. The van der Waals surface area contributed by atoms with Gasteiger partial charge in [-0.05, 0) is 55.2 Å². The molecule has 3 aliphatic rings. The number of carbonyl (C=O) groups is 1. The zero-order chi connectivity index (χ0) is 14.6. The molecule has 3 fully saturated rings. The molecule has 2 N–H and O–H groups in total. The molecule has 0 bridgehead atoms. The van der Waals surface area contributed by atoms with Gasteiger partial charge in [0.05, 0.1) is 5.41 Å². The first-order valence-electron chi connectivity index (χ1n) is 7.91. The van der Waals surface area contributed by atoms with Crippen molar-refractivity contribution in [3.05, 3.63) is 34.9 Å². The second-order valence-corrected chi connectivity index (χ2v) is 7.40. The maximum absolute atomic E-state index is 13.0. The maximum Gasteiger partial charge on any atom is 0.233 e. The Kier molecular flexibility index (Phi) is 4.17. The molecular weight excluding hydrogens is 319 g/mol. The van der Waals surface area contributed by atoms with Gasteiger partial charge in [-0.3, -0.25) is 4.79 Å². The summed E-state index contributed by atoms with van der Waals surface area (Å²) in [6.07, 6.45) is 4.24. The van der Waals surface area contributed by atoms with E-state index in [4.69, 9.17) is 17.3 Å². The molecule has 2 saturated carbocycles. The summed E-state index contributed by atoms with van der Waals surface area (Å²) >= 11 is 5.96. The van der Waals surface area contributed by atoms with E-state index in [9.17, 15) is 4.79 Å². The fourth-order valence-electron chi connectivity index (χ4n) is 4.30. The van der Waals surface area contributed by atoms with Gasteiger partial charge in [0.25, 0.3) is 0 Å². The van der Waals surface area contributed by atoms with E-state index in [0.29, 0.717) is 23.8 Å². The summed E-state index contributed by atoms with van der Waals surface area (Å²) < 4.78 is 0. The minimum Gasteiger partial charge on any atom is -0.341 e. The number of nitrogens with zero attached hydrogens (tertiary/aromatic N) is 1. The summed E-state index contributed by atoms with van der Waals surface area (Å²) in [5.74, 6) is 1.46. The number of amides is 1. The molecule has 1 saturated heterocycles. The molecule has 5 heteroatoms. The Morgan fingerprint density at radius 3 is 2.45 bits per heavy atom. The molecule has 1 amide bonds. The summed E-state index contributed by atoms with van der Waals surface area (Å²) in [7, 11) is 0. The maximum atomic E-state index is 13.0. The zero-order valence-corrected chi connectivity index (χ0v) is 14.1. The van der Waals surface area contributed by atoms with Crippen molar-refractivity contribution < 1.29 is 4.79 Å². The van der Waals surface area contributed by atoms with Gasteiger partial charge in [-0.15, -0.1) is 12.4 Å². The molecule has 120 valence electrons. The molecule has 0 radical (unpaired) electrons. The minimum atomic E-state index is -0.271.